The third-order valence-electron chi connectivity index (χ3n) is 4.77. The van der Waals surface area contributed by atoms with Crippen LogP contribution in [0.15, 0.2) is 18.2 Å². The first kappa shape index (κ1) is 14.5. The van der Waals surface area contributed by atoms with E-state index in [9.17, 15) is 0 Å². The van der Waals surface area contributed by atoms with E-state index >= 15 is 0 Å². The summed E-state index contributed by atoms with van der Waals surface area (Å²) >= 11 is 0. The summed E-state index contributed by atoms with van der Waals surface area (Å²) in [4.78, 5) is 2.61. The van der Waals surface area contributed by atoms with Crippen molar-refractivity contribution in [2.75, 3.05) is 13.1 Å². The van der Waals surface area contributed by atoms with E-state index in [0.29, 0.717) is 18.0 Å². The lowest BCUT2D eigenvalue weighted by Crippen LogP contribution is -2.47. The first-order valence-corrected chi connectivity index (χ1v) is 7.59. The van der Waals surface area contributed by atoms with E-state index in [4.69, 9.17) is 5.73 Å². The Balaban J connectivity index is 2.13. The Morgan fingerprint density at radius 1 is 1.37 bits per heavy atom. The van der Waals surface area contributed by atoms with Crippen LogP contribution >= 0.6 is 0 Å². The van der Waals surface area contributed by atoms with Crippen LogP contribution in [0.25, 0.3) is 0 Å². The topological polar surface area (TPSA) is 29.3 Å². The molecule has 0 spiro atoms. The van der Waals surface area contributed by atoms with Crippen LogP contribution in [0.1, 0.15) is 49.4 Å². The molecule has 1 saturated heterocycles. The fraction of sp³-hybridized carbons (Fsp3) is 0.647. The van der Waals surface area contributed by atoms with Gasteiger partial charge in [-0.1, -0.05) is 37.1 Å². The van der Waals surface area contributed by atoms with Gasteiger partial charge in [0, 0.05) is 25.2 Å². The van der Waals surface area contributed by atoms with Crippen LogP contribution in [0.2, 0.25) is 0 Å². The SMILES string of the molecule is CCC1CN(C(C)c2ccc(C)cc2C)CCC1N. The Bertz CT molecular complexity index is 427. The molecule has 1 aromatic rings. The smallest absolute Gasteiger partial charge is 0.0322 e. The molecule has 1 fully saturated rings. The largest absolute Gasteiger partial charge is 0.327 e. The minimum Gasteiger partial charge on any atom is -0.327 e. The highest BCUT2D eigenvalue weighted by molar-refractivity contribution is 5.32. The van der Waals surface area contributed by atoms with Crippen LogP contribution in [-0.2, 0) is 0 Å². The molecule has 0 aromatic heterocycles. The second kappa shape index (κ2) is 6.06. The monoisotopic (exact) mass is 260 g/mol. The van der Waals surface area contributed by atoms with Crippen molar-refractivity contribution < 1.29 is 0 Å². The molecule has 2 nitrogen and oxygen atoms in total. The Morgan fingerprint density at radius 3 is 2.74 bits per heavy atom. The van der Waals surface area contributed by atoms with Crippen molar-refractivity contribution in [1.82, 2.24) is 4.90 Å². The minimum absolute atomic E-state index is 0.396. The van der Waals surface area contributed by atoms with Gasteiger partial charge in [0.2, 0.25) is 0 Å². The van der Waals surface area contributed by atoms with Crippen molar-refractivity contribution in [2.24, 2.45) is 11.7 Å². The van der Waals surface area contributed by atoms with E-state index < -0.39 is 0 Å². The minimum atomic E-state index is 0.396. The maximum absolute atomic E-state index is 6.21. The standard InChI is InChI=1S/C17H28N2/c1-5-15-11-19(9-8-17(15)18)14(4)16-7-6-12(2)10-13(16)3/h6-7,10,14-15,17H,5,8-9,11,18H2,1-4H3. The van der Waals surface area contributed by atoms with Gasteiger partial charge in [-0.25, -0.2) is 0 Å². The number of aryl methyl sites for hydroxylation is 2. The van der Waals surface area contributed by atoms with Gasteiger partial charge in [0.25, 0.3) is 0 Å². The predicted molar refractivity (Wildman–Crippen MR) is 82.3 cm³/mol. The molecule has 1 aromatic carbocycles. The maximum Gasteiger partial charge on any atom is 0.0322 e. The van der Waals surface area contributed by atoms with Crippen LogP contribution in [0.5, 0.6) is 0 Å². The molecular formula is C17H28N2. The summed E-state index contributed by atoms with van der Waals surface area (Å²) < 4.78 is 0. The van der Waals surface area contributed by atoms with Crippen LogP contribution in [0, 0.1) is 19.8 Å². The number of benzene rings is 1. The van der Waals surface area contributed by atoms with Gasteiger partial charge >= 0.3 is 0 Å². The third-order valence-corrected chi connectivity index (χ3v) is 4.77. The molecule has 3 unspecified atom stereocenters. The lowest BCUT2D eigenvalue weighted by molar-refractivity contribution is 0.114. The molecule has 0 bridgehead atoms. The van der Waals surface area contributed by atoms with E-state index in [1.54, 1.807) is 0 Å². The molecule has 2 heteroatoms. The van der Waals surface area contributed by atoms with Gasteiger partial charge in [0.1, 0.15) is 0 Å². The summed E-state index contributed by atoms with van der Waals surface area (Å²) in [6.07, 6.45) is 2.32. The molecule has 1 aliphatic heterocycles. The highest BCUT2D eigenvalue weighted by atomic mass is 15.2. The first-order valence-electron chi connectivity index (χ1n) is 7.59. The summed E-state index contributed by atoms with van der Waals surface area (Å²) in [5, 5.41) is 0. The summed E-state index contributed by atoms with van der Waals surface area (Å²) in [6, 6.07) is 7.71. The Morgan fingerprint density at radius 2 is 2.11 bits per heavy atom. The molecule has 19 heavy (non-hydrogen) atoms. The van der Waals surface area contributed by atoms with Crippen molar-refractivity contribution in [3.05, 3.63) is 34.9 Å². The van der Waals surface area contributed by atoms with Crippen molar-refractivity contribution in [3.8, 4) is 0 Å². The molecule has 3 atom stereocenters. The van der Waals surface area contributed by atoms with Gasteiger partial charge in [-0.05, 0) is 44.2 Å². The molecule has 106 valence electrons. The van der Waals surface area contributed by atoms with Crippen LogP contribution in [0.3, 0.4) is 0 Å². The van der Waals surface area contributed by atoms with Gasteiger partial charge in [-0.15, -0.1) is 0 Å². The van der Waals surface area contributed by atoms with Crippen molar-refractivity contribution in [1.29, 1.82) is 0 Å². The quantitative estimate of drug-likeness (QED) is 0.902. The van der Waals surface area contributed by atoms with Crippen LogP contribution in [0.4, 0.5) is 0 Å². The number of nitrogens with zero attached hydrogens (tertiary/aromatic N) is 1. The Hall–Kier alpha value is -0.860. The van der Waals surface area contributed by atoms with Crippen molar-refractivity contribution >= 4 is 0 Å². The van der Waals surface area contributed by atoms with Gasteiger partial charge in [-0.3, -0.25) is 4.90 Å². The van der Waals surface area contributed by atoms with Gasteiger partial charge in [-0.2, -0.15) is 0 Å². The molecule has 2 N–H and O–H groups in total. The summed E-state index contributed by atoms with van der Waals surface area (Å²) in [5.41, 5.74) is 10.4. The van der Waals surface area contributed by atoms with Crippen LogP contribution in [-0.4, -0.2) is 24.0 Å². The number of hydrogen-bond acceptors (Lipinski definition) is 2. The summed E-state index contributed by atoms with van der Waals surface area (Å²) in [6.45, 7) is 11.3. The zero-order valence-corrected chi connectivity index (χ0v) is 12.8. The lowest BCUT2D eigenvalue weighted by Gasteiger charge is -2.40. The molecule has 0 amide bonds. The van der Waals surface area contributed by atoms with E-state index in [0.717, 1.165) is 19.5 Å². The highest BCUT2D eigenvalue weighted by Crippen LogP contribution is 2.29. The zero-order chi connectivity index (χ0) is 14.0. The fourth-order valence-corrected chi connectivity index (χ4v) is 3.35. The molecule has 0 aliphatic carbocycles. The number of nitrogens with two attached hydrogens (primary N) is 1. The summed E-state index contributed by atoms with van der Waals surface area (Å²) in [5.74, 6) is 0.655. The second-order valence-corrected chi connectivity index (χ2v) is 6.15. The highest BCUT2D eigenvalue weighted by Gasteiger charge is 2.28. The second-order valence-electron chi connectivity index (χ2n) is 6.15. The van der Waals surface area contributed by atoms with E-state index in [2.05, 4.69) is 50.8 Å². The Kier molecular flexibility index (Phi) is 4.64. The van der Waals surface area contributed by atoms with E-state index in [1.165, 1.54) is 23.1 Å². The number of hydrogen-bond donors (Lipinski definition) is 1. The normalized spacial score (nSPS) is 26.4. The number of likely N-dealkylation sites (tertiary alicyclic amines) is 1. The predicted octanol–water partition coefficient (Wildman–Crippen LogP) is 3.42. The van der Waals surface area contributed by atoms with Gasteiger partial charge in [0.05, 0.1) is 0 Å². The molecule has 0 radical (unpaired) electrons. The first-order chi connectivity index (χ1) is 9.02. The van der Waals surface area contributed by atoms with E-state index in [-0.39, 0.29) is 0 Å². The number of rotatable bonds is 3. The van der Waals surface area contributed by atoms with E-state index in [1.807, 2.05) is 0 Å². The fourth-order valence-electron chi connectivity index (χ4n) is 3.35. The lowest BCUT2D eigenvalue weighted by atomic mass is 9.88. The molecule has 1 aliphatic rings. The zero-order valence-electron chi connectivity index (χ0n) is 12.8. The average Bonchev–Trinajstić information content (AvgIpc) is 2.38. The third kappa shape index (κ3) is 3.18. The van der Waals surface area contributed by atoms with Gasteiger partial charge < -0.3 is 5.73 Å². The maximum atomic E-state index is 6.21. The van der Waals surface area contributed by atoms with Crippen molar-refractivity contribution in [2.45, 2.75) is 52.6 Å². The number of piperidine rings is 1. The van der Waals surface area contributed by atoms with Crippen LogP contribution < -0.4 is 5.73 Å². The summed E-state index contributed by atoms with van der Waals surface area (Å²) in [7, 11) is 0. The molecule has 0 saturated carbocycles. The Labute approximate surface area is 118 Å². The average molecular weight is 260 g/mol. The van der Waals surface area contributed by atoms with Gasteiger partial charge in [0.15, 0.2) is 0 Å². The molecule has 2 rings (SSSR count). The molecule has 1 heterocycles. The van der Waals surface area contributed by atoms with Crippen molar-refractivity contribution in [3.63, 3.8) is 0 Å². The molecular weight excluding hydrogens is 232 g/mol.